The lowest BCUT2D eigenvalue weighted by atomic mass is 10.2. The molecule has 1 saturated heterocycles. The fourth-order valence-electron chi connectivity index (χ4n) is 2.79. The summed E-state index contributed by atoms with van der Waals surface area (Å²) >= 11 is 1.54. The van der Waals surface area contributed by atoms with Crippen molar-refractivity contribution in [1.29, 1.82) is 0 Å². The van der Waals surface area contributed by atoms with E-state index in [4.69, 9.17) is 0 Å². The second-order valence-electron chi connectivity index (χ2n) is 5.68. The first kappa shape index (κ1) is 17.3. The van der Waals surface area contributed by atoms with Gasteiger partial charge in [-0.15, -0.1) is 11.8 Å². The monoisotopic (exact) mass is 359 g/mol. The zero-order valence-electron chi connectivity index (χ0n) is 13.7. The molecule has 3 rings (SSSR count). The standard InChI is InChI=1S/C18H18FN3O2S/c1-25-16-8-3-2-7-15(16)21-18(24)20-13-10-17(23)22(11-13)14-6-4-5-12(19)9-14/h2-9,13H,10-11H2,1H3,(H2,20,21,24)/t13-/m0/s1. The fourth-order valence-corrected chi connectivity index (χ4v) is 3.34. The van der Waals surface area contributed by atoms with E-state index in [9.17, 15) is 14.0 Å². The Bertz CT molecular complexity index is 799. The second-order valence-corrected chi connectivity index (χ2v) is 6.53. The smallest absolute Gasteiger partial charge is 0.319 e. The number of thioether (sulfide) groups is 1. The summed E-state index contributed by atoms with van der Waals surface area (Å²) in [6, 6.07) is 12.7. The molecular weight excluding hydrogens is 341 g/mol. The molecule has 2 N–H and O–H groups in total. The van der Waals surface area contributed by atoms with Gasteiger partial charge in [-0.1, -0.05) is 18.2 Å². The fraction of sp³-hybridized carbons (Fsp3) is 0.222. The van der Waals surface area contributed by atoms with Crippen LogP contribution < -0.4 is 15.5 Å². The van der Waals surface area contributed by atoms with Gasteiger partial charge in [0.1, 0.15) is 5.82 Å². The molecule has 0 radical (unpaired) electrons. The van der Waals surface area contributed by atoms with E-state index in [0.717, 1.165) is 10.6 Å². The average Bonchev–Trinajstić information content (AvgIpc) is 2.95. The summed E-state index contributed by atoms with van der Waals surface area (Å²) < 4.78 is 13.3. The van der Waals surface area contributed by atoms with Gasteiger partial charge >= 0.3 is 6.03 Å². The van der Waals surface area contributed by atoms with Crippen LogP contribution in [0, 0.1) is 5.82 Å². The van der Waals surface area contributed by atoms with Crippen LogP contribution in [0.1, 0.15) is 6.42 Å². The minimum Gasteiger partial charge on any atom is -0.333 e. The number of carbonyl (C=O) groups is 2. The summed E-state index contributed by atoms with van der Waals surface area (Å²) in [7, 11) is 0. The van der Waals surface area contributed by atoms with Gasteiger partial charge in [-0.25, -0.2) is 9.18 Å². The van der Waals surface area contributed by atoms with Crippen LogP contribution in [0.15, 0.2) is 53.4 Å². The van der Waals surface area contributed by atoms with E-state index in [1.807, 2.05) is 30.5 Å². The highest BCUT2D eigenvalue weighted by Crippen LogP contribution is 2.25. The Morgan fingerprint density at radius 2 is 2.04 bits per heavy atom. The van der Waals surface area contributed by atoms with Crippen molar-refractivity contribution in [3.63, 3.8) is 0 Å². The molecule has 0 aromatic heterocycles. The van der Waals surface area contributed by atoms with Crippen LogP contribution in [0.2, 0.25) is 0 Å². The first-order valence-electron chi connectivity index (χ1n) is 7.83. The van der Waals surface area contributed by atoms with Crippen LogP contribution in [0.3, 0.4) is 0 Å². The highest BCUT2D eigenvalue weighted by Gasteiger charge is 2.31. The van der Waals surface area contributed by atoms with Gasteiger partial charge in [0.25, 0.3) is 0 Å². The molecule has 0 unspecified atom stereocenters. The lowest BCUT2D eigenvalue weighted by Crippen LogP contribution is -2.39. The van der Waals surface area contributed by atoms with Crippen molar-refractivity contribution in [2.24, 2.45) is 0 Å². The number of amides is 3. The largest absolute Gasteiger partial charge is 0.333 e. The SMILES string of the molecule is CSc1ccccc1NC(=O)N[C@H]1CC(=O)N(c2cccc(F)c2)C1. The molecule has 2 aromatic carbocycles. The molecule has 0 bridgehead atoms. The summed E-state index contributed by atoms with van der Waals surface area (Å²) in [5.41, 5.74) is 1.22. The molecule has 2 aromatic rings. The van der Waals surface area contributed by atoms with E-state index in [0.29, 0.717) is 12.2 Å². The molecule has 0 saturated carbocycles. The van der Waals surface area contributed by atoms with Gasteiger partial charge in [-0.2, -0.15) is 0 Å². The number of hydrogen-bond acceptors (Lipinski definition) is 3. The van der Waals surface area contributed by atoms with Crippen LogP contribution in [0.25, 0.3) is 0 Å². The lowest BCUT2D eigenvalue weighted by Gasteiger charge is -2.18. The van der Waals surface area contributed by atoms with Crippen LogP contribution in [0.5, 0.6) is 0 Å². The Morgan fingerprint density at radius 1 is 1.24 bits per heavy atom. The van der Waals surface area contributed by atoms with Gasteiger partial charge in [-0.05, 0) is 36.6 Å². The van der Waals surface area contributed by atoms with E-state index in [-0.39, 0.29) is 24.4 Å². The van der Waals surface area contributed by atoms with Crippen LogP contribution in [-0.2, 0) is 4.79 Å². The second kappa shape index (κ2) is 7.57. The van der Waals surface area contributed by atoms with Gasteiger partial charge in [0.05, 0.1) is 11.7 Å². The third-order valence-electron chi connectivity index (χ3n) is 3.94. The van der Waals surface area contributed by atoms with Crippen molar-refractivity contribution in [3.05, 3.63) is 54.3 Å². The Labute approximate surface area is 149 Å². The summed E-state index contributed by atoms with van der Waals surface area (Å²) in [6.07, 6.45) is 2.12. The Balaban J connectivity index is 1.62. The van der Waals surface area contributed by atoms with Crippen LogP contribution >= 0.6 is 11.8 Å². The number of urea groups is 1. The molecule has 130 valence electrons. The maximum absolute atomic E-state index is 13.3. The molecule has 0 aliphatic carbocycles. The van der Waals surface area contributed by atoms with Crippen LogP contribution in [-0.4, -0.2) is 30.8 Å². The minimum atomic E-state index is -0.395. The zero-order chi connectivity index (χ0) is 17.8. The van der Waals surface area contributed by atoms with Crippen LogP contribution in [0.4, 0.5) is 20.6 Å². The lowest BCUT2D eigenvalue weighted by molar-refractivity contribution is -0.117. The number of rotatable bonds is 4. The Kier molecular flexibility index (Phi) is 5.23. The normalized spacial score (nSPS) is 16.8. The molecule has 1 aliphatic rings. The summed E-state index contributed by atoms with van der Waals surface area (Å²) in [5, 5.41) is 5.61. The van der Waals surface area contributed by atoms with Crippen molar-refractivity contribution in [2.45, 2.75) is 17.4 Å². The highest BCUT2D eigenvalue weighted by molar-refractivity contribution is 7.98. The summed E-state index contributed by atoms with van der Waals surface area (Å²) in [6.45, 7) is 0.319. The molecule has 5 nitrogen and oxygen atoms in total. The number of benzene rings is 2. The molecule has 25 heavy (non-hydrogen) atoms. The molecule has 0 spiro atoms. The van der Waals surface area contributed by atoms with Gasteiger partial charge < -0.3 is 15.5 Å². The predicted molar refractivity (Wildman–Crippen MR) is 97.5 cm³/mol. The zero-order valence-corrected chi connectivity index (χ0v) is 14.5. The topological polar surface area (TPSA) is 61.4 Å². The van der Waals surface area contributed by atoms with E-state index in [2.05, 4.69) is 10.6 Å². The summed E-state index contributed by atoms with van der Waals surface area (Å²) in [4.78, 5) is 26.8. The van der Waals surface area contributed by atoms with Crippen molar-refractivity contribution in [1.82, 2.24) is 5.32 Å². The van der Waals surface area contributed by atoms with Gasteiger partial charge in [-0.3, -0.25) is 4.79 Å². The van der Waals surface area contributed by atoms with Crippen molar-refractivity contribution in [3.8, 4) is 0 Å². The third kappa shape index (κ3) is 4.11. The van der Waals surface area contributed by atoms with E-state index in [1.165, 1.54) is 28.8 Å². The van der Waals surface area contributed by atoms with Gasteiger partial charge in [0.15, 0.2) is 0 Å². The van der Waals surface area contributed by atoms with E-state index < -0.39 is 5.82 Å². The number of halogens is 1. The van der Waals surface area contributed by atoms with Gasteiger partial charge in [0.2, 0.25) is 5.91 Å². The number of nitrogens with zero attached hydrogens (tertiary/aromatic N) is 1. The third-order valence-corrected chi connectivity index (χ3v) is 4.73. The van der Waals surface area contributed by atoms with E-state index >= 15 is 0 Å². The number of nitrogens with one attached hydrogen (secondary N) is 2. The first-order valence-corrected chi connectivity index (χ1v) is 9.06. The molecule has 3 amide bonds. The van der Waals surface area contributed by atoms with Crippen molar-refractivity contribution < 1.29 is 14.0 Å². The number of carbonyl (C=O) groups excluding carboxylic acids is 2. The quantitative estimate of drug-likeness (QED) is 0.822. The maximum atomic E-state index is 13.3. The number of para-hydroxylation sites is 1. The highest BCUT2D eigenvalue weighted by atomic mass is 32.2. The summed E-state index contributed by atoms with van der Waals surface area (Å²) in [5.74, 6) is -0.534. The van der Waals surface area contributed by atoms with Gasteiger partial charge in [0, 0.05) is 23.5 Å². The maximum Gasteiger partial charge on any atom is 0.319 e. The molecule has 7 heteroatoms. The van der Waals surface area contributed by atoms with Crippen molar-refractivity contribution >= 4 is 35.1 Å². The van der Waals surface area contributed by atoms with Crippen molar-refractivity contribution in [2.75, 3.05) is 23.0 Å². The predicted octanol–water partition coefficient (Wildman–Crippen LogP) is 3.47. The number of anilines is 2. The molecular formula is C18H18FN3O2S. The molecule has 1 fully saturated rings. The Morgan fingerprint density at radius 3 is 2.80 bits per heavy atom. The molecule has 1 atom stereocenters. The Hall–Kier alpha value is -2.54. The molecule has 1 heterocycles. The first-order chi connectivity index (χ1) is 12.1. The average molecular weight is 359 g/mol. The van der Waals surface area contributed by atoms with E-state index in [1.54, 1.807) is 12.1 Å². The molecule has 1 aliphatic heterocycles. The minimum absolute atomic E-state index is 0.139. The number of hydrogen-bond donors (Lipinski definition) is 2.